The lowest BCUT2D eigenvalue weighted by atomic mass is 9.81. The minimum Gasteiger partial charge on any atom is -0.497 e. The average Bonchev–Trinajstić information content (AvgIpc) is 3.79. The highest BCUT2D eigenvalue weighted by Crippen LogP contribution is 2.48. The molecule has 8 rings (SSSR count). The molecule has 1 aliphatic carbocycles. The van der Waals surface area contributed by atoms with Crippen LogP contribution in [-0.4, -0.2) is 77.1 Å². The summed E-state index contributed by atoms with van der Waals surface area (Å²) in [6, 6.07) is 11.7. The first-order valence-electron chi connectivity index (χ1n) is 18.7. The van der Waals surface area contributed by atoms with Crippen molar-refractivity contribution in [1.82, 2.24) is 24.0 Å². The molecular formula is C40H47N5O6S. The zero-order valence-corrected chi connectivity index (χ0v) is 31.2. The number of methoxy groups -OCH3 is 1. The number of carbonyl (C=O) groups excluding carboxylic acids is 2. The van der Waals surface area contributed by atoms with Gasteiger partial charge in [-0.05, 0) is 105 Å². The second kappa shape index (κ2) is 13.5. The van der Waals surface area contributed by atoms with Gasteiger partial charge in [0.15, 0.2) is 0 Å². The summed E-state index contributed by atoms with van der Waals surface area (Å²) in [5.74, 6) is 0.348. The minimum atomic E-state index is -3.83. The third-order valence-corrected chi connectivity index (χ3v) is 13.1. The van der Waals surface area contributed by atoms with Gasteiger partial charge < -0.3 is 18.9 Å². The molecule has 2 amide bonds. The molecule has 4 aliphatic rings. The van der Waals surface area contributed by atoms with Crippen LogP contribution in [0.5, 0.6) is 5.75 Å². The number of nitrogens with zero attached hydrogens (tertiary/aromatic N) is 4. The molecule has 2 saturated heterocycles. The Balaban J connectivity index is 1.33. The summed E-state index contributed by atoms with van der Waals surface area (Å²) >= 11 is 0. The number of fused-ring (bicyclic) bond motifs is 7. The number of allylic oxidation sites excluding steroid dienone is 1. The fraction of sp³-hybridized carbons (Fsp3) is 0.475. The molecule has 2 unspecified atom stereocenters. The number of aromatic nitrogens is 3. The molecular weight excluding hydrogens is 679 g/mol. The molecule has 1 saturated carbocycles. The largest absolute Gasteiger partial charge is 0.497 e. The molecule has 3 fully saturated rings. The number of carbonyl (C=O) groups is 2. The maximum absolute atomic E-state index is 14.4. The van der Waals surface area contributed by atoms with E-state index in [1.165, 1.54) is 12.0 Å². The van der Waals surface area contributed by atoms with E-state index in [0.717, 1.165) is 83.3 Å². The number of rotatable bonds is 8. The van der Waals surface area contributed by atoms with Crippen LogP contribution < -0.4 is 9.46 Å². The summed E-state index contributed by atoms with van der Waals surface area (Å²) in [6.45, 7) is 7.24. The van der Waals surface area contributed by atoms with Crippen LogP contribution >= 0.6 is 0 Å². The van der Waals surface area contributed by atoms with Gasteiger partial charge in [-0.15, -0.1) is 0 Å². The first kappa shape index (κ1) is 34.7. The van der Waals surface area contributed by atoms with Crippen LogP contribution in [0.1, 0.15) is 109 Å². The highest BCUT2D eigenvalue weighted by Gasteiger charge is 2.38. The van der Waals surface area contributed by atoms with Gasteiger partial charge in [0, 0.05) is 41.7 Å². The van der Waals surface area contributed by atoms with Gasteiger partial charge in [0.25, 0.3) is 11.8 Å². The zero-order valence-electron chi connectivity index (χ0n) is 30.4. The third kappa shape index (κ3) is 6.03. The predicted octanol–water partition coefficient (Wildman–Crippen LogP) is 6.61. The van der Waals surface area contributed by atoms with E-state index < -0.39 is 21.2 Å². The summed E-state index contributed by atoms with van der Waals surface area (Å²) in [5, 5.41) is 5.04. The van der Waals surface area contributed by atoms with E-state index in [0.29, 0.717) is 37.7 Å². The molecule has 2 bridgehead atoms. The molecule has 274 valence electrons. The van der Waals surface area contributed by atoms with E-state index >= 15 is 0 Å². The van der Waals surface area contributed by atoms with Gasteiger partial charge in [0.2, 0.25) is 10.0 Å². The Kier molecular flexibility index (Phi) is 9.02. The first-order valence-corrected chi connectivity index (χ1v) is 20.2. The van der Waals surface area contributed by atoms with Gasteiger partial charge in [-0.2, -0.15) is 5.10 Å². The fourth-order valence-electron chi connectivity index (χ4n) is 8.70. The monoisotopic (exact) mass is 725 g/mol. The number of likely N-dealkylation sites (tertiary alicyclic amines) is 1. The summed E-state index contributed by atoms with van der Waals surface area (Å²) in [7, 11) is -2.17. The number of hydrogen-bond donors (Lipinski definition) is 1. The Hall–Kier alpha value is -4.42. The molecule has 0 spiro atoms. The van der Waals surface area contributed by atoms with Gasteiger partial charge in [0.05, 0.1) is 54.3 Å². The third-order valence-electron chi connectivity index (χ3n) is 11.4. The Labute approximate surface area is 305 Å². The smallest absolute Gasteiger partial charge is 0.264 e. The SMILES string of the molecule is CCn1ncc(C(=O)N2CC3CCC(C2)O3)c1C1=Cc2cc(OC)ccc2-c2c(C3CCCCC3)c3ccc(C(=O)NS(=O)(=O)C(C)C)cc3n2C1. The van der Waals surface area contributed by atoms with Crippen molar-refractivity contribution in [3.63, 3.8) is 0 Å². The summed E-state index contributed by atoms with van der Waals surface area (Å²) < 4.78 is 43.7. The molecule has 12 heteroatoms. The van der Waals surface area contributed by atoms with Crippen molar-refractivity contribution in [3.05, 3.63) is 70.5 Å². The normalized spacial score (nSPS) is 20.4. The van der Waals surface area contributed by atoms with Crippen LogP contribution in [0.3, 0.4) is 0 Å². The van der Waals surface area contributed by atoms with Crippen LogP contribution in [0.2, 0.25) is 0 Å². The number of morpholine rings is 1. The Bertz CT molecular complexity index is 2200. The number of hydrogen-bond acceptors (Lipinski definition) is 7. The molecule has 2 atom stereocenters. The molecule has 52 heavy (non-hydrogen) atoms. The van der Waals surface area contributed by atoms with Crippen molar-refractivity contribution in [2.24, 2.45) is 0 Å². The van der Waals surface area contributed by atoms with Crippen molar-refractivity contribution in [1.29, 1.82) is 0 Å². The lowest BCUT2D eigenvalue weighted by Crippen LogP contribution is -2.46. The van der Waals surface area contributed by atoms with E-state index in [4.69, 9.17) is 14.6 Å². The molecule has 2 aromatic heterocycles. The second-order valence-electron chi connectivity index (χ2n) is 15.0. The standard InChI is InChI=1S/C40H47N5O6S/c1-5-45-37(34(20-41-45)40(47)43-22-30-12-13-31(23-43)51-30)28-17-27-18-29(50-4)14-16-32(27)38-36(25-9-7-6-8-10-25)33-15-11-26(19-35(33)44(38)21-28)39(46)42-52(48,49)24(2)3/h11,14-20,24-25,30-31H,5-10,12-13,21-23H2,1-4H3,(H,42,46). The molecule has 3 aliphatic heterocycles. The molecule has 1 N–H and O–H groups in total. The quantitative estimate of drug-likeness (QED) is 0.217. The van der Waals surface area contributed by atoms with Gasteiger partial charge in [0.1, 0.15) is 5.75 Å². The zero-order chi connectivity index (χ0) is 36.3. The lowest BCUT2D eigenvalue weighted by Gasteiger charge is -2.32. The highest BCUT2D eigenvalue weighted by molar-refractivity contribution is 7.90. The lowest BCUT2D eigenvalue weighted by molar-refractivity contribution is -0.0303. The molecule has 4 aromatic rings. The van der Waals surface area contributed by atoms with E-state index in [-0.39, 0.29) is 23.7 Å². The van der Waals surface area contributed by atoms with Crippen molar-refractivity contribution in [2.75, 3.05) is 20.2 Å². The number of aryl methyl sites for hydroxylation is 1. The molecule has 5 heterocycles. The van der Waals surface area contributed by atoms with E-state index in [1.807, 2.05) is 34.7 Å². The Morgan fingerprint density at radius 3 is 2.44 bits per heavy atom. The van der Waals surface area contributed by atoms with Crippen LogP contribution in [0, 0.1) is 0 Å². The number of sulfonamides is 1. The van der Waals surface area contributed by atoms with Crippen LogP contribution in [0.4, 0.5) is 0 Å². The molecule has 0 radical (unpaired) electrons. The van der Waals surface area contributed by atoms with Crippen molar-refractivity contribution in [2.45, 2.75) is 102 Å². The Morgan fingerprint density at radius 1 is 1.00 bits per heavy atom. The van der Waals surface area contributed by atoms with Crippen LogP contribution in [0.15, 0.2) is 42.6 Å². The van der Waals surface area contributed by atoms with Crippen molar-refractivity contribution < 1.29 is 27.5 Å². The summed E-state index contributed by atoms with van der Waals surface area (Å²) in [5.41, 5.74) is 7.71. The number of ether oxygens (including phenoxy) is 2. The maximum atomic E-state index is 14.4. The summed E-state index contributed by atoms with van der Waals surface area (Å²) in [4.78, 5) is 29.8. The highest BCUT2D eigenvalue weighted by atomic mass is 32.2. The molecule has 11 nitrogen and oxygen atoms in total. The average molecular weight is 726 g/mol. The molecule has 2 aromatic carbocycles. The van der Waals surface area contributed by atoms with Crippen LogP contribution in [-0.2, 0) is 27.8 Å². The number of nitrogens with one attached hydrogen (secondary N) is 1. The predicted molar refractivity (Wildman–Crippen MR) is 201 cm³/mol. The van der Waals surface area contributed by atoms with Crippen molar-refractivity contribution >= 4 is 44.4 Å². The fourth-order valence-corrected chi connectivity index (χ4v) is 9.32. The Morgan fingerprint density at radius 2 is 1.75 bits per heavy atom. The second-order valence-corrected chi connectivity index (χ2v) is 17.2. The van der Waals surface area contributed by atoms with Gasteiger partial charge in [-0.3, -0.25) is 14.3 Å². The van der Waals surface area contributed by atoms with Gasteiger partial charge in [-0.1, -0.05) is 25.3 Å². The van der Waals surface area contributed by atoms with Gasteiger partial charge >= 0.3 is 0 Å². The topological polar surface area (TPSA) is 125 Å². The summed E-state index contributed by atoms with van der Waals surface area (Å²) in [6.07, 6.45) is 11.6. The van der Waals surface area contributed by atoms with Crippen LogP contribution in [0.25, 0.3) is 33.8 Å². The first-order chi connectivity index (χ1) is 25.1. The minimum absolute atomic E-state index is 0.0447. The maximum Gasteiger partial charge on any atom is 0.264 e. The van der Waals surface area contributed by atoms with Gasteiger partial charge in [-0.25, -0.2) is 13.1 Å². The van der Waals surface area contributed by atoms with E-state index in [2.05, 4.69) is 27.5 Å². The van der Waals surface area contributed by atoms with E-state index in [9.17, 15) is 18.0 Å². The number of amides is 2. The number of benzene rings is 2. The van der Waals surface area contributed by atoms with Crippen molar-refractivity contribution in [3.8, 4) is 17.0 Å². The van der Waals surface area contributed by atoms with E-state index in [1.54, 1.807) is 33.2 Å².